The molecule has 0 amide bonds. The number of halogens is 1. The zero-order valence-electron chi connectivity index (χ0n) is 8.20. The van der Waals surface area contributed by atoms with Crippen LogP contribution in [0, 0.1) is 0 Å². The van der Waals surface area contributed by atoms with E-state index in [9.17, 15) is 4.79 Å². The molecule has 0 aliphatic heterocycles. The molecule has 2 N–H and O–H groups in total. The van der Waals surface area contributed by atoms with Crippen molar-refractivity contribution in [2.75, 3.05) is 0 Å². The summed E-state index contributed by atoms with van der Waals surface area (Å²) in [6, 6.07) is 3.92. The molecule has 0 spiro atoms. The minimum atomic E-state index is 0. The number of hydrogen-bond acceptors (Lipinski definition) is 1. The Labute approximate surface area is 101 Å². The minimum absolute atomic E-state index is 0. The molecule has 0 saturated heterocycles. The number of carbonyl (C=O) groups is 1. The van der Waals surface area contributed by atoms with Gasteiger partial charge in [-0.1, -0.05) is 6.08 Å². The number of ketones is 1. The van der Waals surface area contributed by atoms with Gasteiger partial charge in [0, 0.05) is 12.1 Å². The van der Waals surface area contributed by atoms with Crippen molar-refractivity contribution < 1.29 is 38.8 Å². The van der Waals surface area contributed by atoms with Crippen LogP contribution in [0.3, 0.4) is 0 Å². The van der Waals surface area contributed by atoms with Gasteiger partial charge in [-0.15, -0.1) is 0 Å². The van der Waals surface area contributed by atoms with E-state index < -0.39 is 0 Å². The first-order valence-corrected chi connectivity index (χ1v) is 3.82. The predicted molar refractivity (Wildman–Crippen MR) is 50.9 cm³/mol. The van der Waals surface area contributed by atoms with Crippen LogP contribution in [0.15, 0.2) is 30.6 Å². The van der Waals surface area contributed by atoms with E-state index in [-0.39, 0.29) is 35.2 Å². The molecule has 1 rings (SSSR count). The smallest absolute Gasteiger partial charge is 0.169 e. The van der Waals surface area contributed by atoms with E-state index in [1.807, 2.05) is 42.2 Å². The Morgan fingerprint density at radius 1 is 1.36 bits per heavy atom. The summed E-state index contributed by atoms with van der Waals surface area (Å²) < 4.78 is 1.95. The van der Waals surface area contributed by atoms with Crippen LogP contribution < -0.4 is 28.5 Å². The lowest BCUT2D eigenvalue weighted by Crippen LogP contribution is -3.00. The SMILES string of the molecule is CC(=O)/C=C\c1cc[n+](C)cc1.O.[I-]. The second-order valence-corrected chi connectivity index (χ2v) is 2.74. The van der Waals surface area contributed by atoms with E-state index in [2.05, 4.69) is 0 Å². The average Bonchev–Trinajstić information content (AvgIpc) is 2.03. The highest BCUT2D eigenvalue weighted by atomic mass is 127. The molecule has 78 valence electrons. The number of aromatic nitrogens is 1. The third kappa shape index (κ3) is 5.82. The first-order chi connectivity index (χ1) is 5.68. The molecule has 0 bridgehead atoms. The second kappa shape index (κ2) is 7.64. The fraction of sp³-hybridized carbons (Fsp3) is 0.200. The van der Waals surface area contributed by atoms with Crippen molar-refractivity contribution in [1.82, 2.24) is 0 Å². The summed E-state index contributed by atoms with van der Waals surface area (Å²) in [6.45, 7) is 1.54. The Morgan fingerprint density at radius 3 is 2.29 bits per heavy atom. The average molecular weight is 307 g/mol. The molecule has 0 radical (unpaired) electrons. The molecule has 0 aromatic carbocycles. The molecule has 0 fully saturated rings. The van der Waals surface area contributed by atoms with Gasteiger partial charge in [0.1, 0.15) is 7.05 Å². The number of aryl methyl sites for hydroxylation is 1. The molecule has 0 aliphatic rings. The van der Waals surface area contributed by atoms with Crippen molar-refractivity contribution in [2.24, 2.45) is 7.05 Å². The first kappa shape index (κ1) is 15.7. The maximum absolute atomic E-state index is 10.6. The van der Waals surface area contributed by atoms with Crippen LogP contribution >= 0.6 is 0 Å². The highest BCUT2D eigenvalue weighted by Gasteiger charge is 1.91. The molecule has 1 heterocycles. The van der Waals surface area contributed by atoms with Gasteiger partial charge in [0.2, 0.25) is 0 Å². The molecule has 3 nitrogen and oxygen atoms in total. The first-order valence-electron chi connectivity index (χ1n) is 3.82. The molecule has 4 heteroatoms. The number of nitrogens with zero attached hydrogens (tertiary/aromatic N) is 1. The molecule has 1 aromatic rings. The fourth-order valence-electron chi connectivity index (χ4n) is 0.837. The van der Waals surface area contributed by atoms with Crippen molar-refractivity contribution in [2.45, 2.75) is 6.92 Å². The van der Waals surface area contributed by atoms with Crippen molar-refractivity contribution in [3.8, 4) is 0 Å². The maximum atomic E-state index is 10.6. The summed E-state index contributed by atoms with van der Waals surface area (Å²) in [5.41, 5.74) is 1.04. The van der Waals surface area contributed by atoms with Crippen LogP contribution in [-0.2, 0) is 11.8 Å². The summed E-state index contributed by atoms with van der Waals surface area (Å²) in [5.74, 6) is 0.0724. The number of rotatable bonds is 2. The Kier molecular flexibility index (Phi) is 8.57. The van der Waals surface area contributed by atoms with Gasteiger partial charge in [0.05, 0.1) is 0 Å². The van der Waals surface area contributed by atoms with E-state index in [4.69, 9.17) is 0 Å². The van der Waals surface area contributed by atoms with Gasteiger partial charge in [-0.25, -0.2) is 4.57 Å². The summed E-state index contributed by atoms with van der Waals surface area (Å²) in [6.07, 6.45) is 7.26. The Morgan fingerprint density at radius 2 is 1.86 bits per heavy atom. The molecule has 0 saturated carbocycles. The van der Waals surface area contributed by atoms with Crippen molar-refractivity contribution in [3.05, 3.63) is 36.2 Å². The highest BCUT2D eigenvalue weighted by Crippen LogP contribution is 1.97. The maximum Gasteiger partial charge on any atom is 0.169 e. The molecule has 0 aliphatic carbocycles. The standard InChI is InChI=1S/C10H12NO.HI.H2O/c1-9(12)3-4-10-5-7-11(2)8-6-10;;/h3-8H,1-2H3;1H;1H2/q+1;;/p-1/b4-3-;;. The molecule has 0 unspecified atom stereocenters. The van der Waals surface area contributed by atoms with Gasteiger partial charge in [-0.05, 0) is 18.6 Å². The number of allylic oxidation sites excluding steroid dienone is 1. The number of hydrogen-bond donors (Lipinski definition) is 0. The summed E-state index contributed by atoms with van der Waals surface area (Å²) in [5, 5.41) is 0. The van der Waals surface area contributed by atoms with Crippen LogP contribution in [0.25, 0.3) is 6.08 Å². The molecule has 14 heavy (non-hydrogen) atoms. The minimum Gasteiger partial charge on any atom is -1.00 e. The fourth-order valence-corrected chi connectivity index (χ4v) is 0.837. The van der Waals surface area contributed by atoms with E-state index in [0.717, 1.165) is 5.56 Å². The summed E-state index contributed by atoms with van der Waals surface area (Å²) >= 11 is 0. The normalized spacial score (nSPS) is 9.00. The van der Waals surface area contributed by atoms with Gasteiger partial charge in [-0.2, -0.15) is 0 Å². The second-order valence-electron chi connectivity index (χ2n) is 2.74. The largest absolute Gasteiger partial charge is 1.00 e. The highest BCUT2D eigenvalue weighted by molar-refractivity contribution is 5.91. The number of pyridine rings is 1. The third-order valence-electron chi connectivity index (χ3n) is 1.51. The lowest BCUT2D eigenvalue weighted by atomic mass is 10.2. The predicted octanol–water partition coefficient (Wildman–Crippen LogP) is -2.71. The Bertz CT molecular complexity index is 306. The number of carbonyl (C=O) groups excluding carboxylic acids is 1. The lowest BCUT2D eigenvalue weighted by molar-refractivity contribution is -0.671. The van der Waals surface area contributed by atoms with E-state index >= 15 is 0 Å². The van der Waals surface area contributed by atoms with Crippen molar-refractivity contribution >= 4 is 11.9 Å². The van der Waals surface area contributed by atoms with Gasteiger partial charge in [0.25, 0.3) is 0 Å². The Balaban J connectivity index is 0. The molecule has 0 atom stereocenters. The molecule has 1 aromatic heterocycles. The van der Waals surface area contributed by atoms with Crippen LogP contribution in [0.1, 0.15) is 12.5 Å². The third-order valence-corrected chi connectivity index (χ3v) is 1.51. The zero-order valence-corrected chi connectivity index (χ0v) is 10.4. The topological polar surface area (TPSA) is 52.5 Å². The van der Waals surface area contributed by atoms with E-state index in [1.165, 1.54) is 0 Å². The van der Waals surface area contributed by atoms with Crippen LogP contribution in [0.5, 0.6) is 0 Å². The lowest BCUT2D eigenvalue weighted by Gasteiger charge is -1.89. The van der Waals surface area contributed by atoms with Crippen LogP contribution in [0.4, 0.5) is 0 Å². The van der Waals surface area contributed by atoms with Crippen molar-refractivity contribution in [3.63, 3.8) is 0 Å². The van der Waals surface area contributed by atoms with Crippen LogP contribution in [0.2, 0.25) is 0 Å². The zero-order chi connectivity index (χ0) is 8.97. The molecular formula is C10H14INO2. The van der Waals surface area contributed by atoms with Crippen molar-refractivity contribution in [1.29, 1.82) is 0 Å². The van der Waals surface area contributed by atoms with Gasteiger partial charge < -0.3 is 29.5 Å². The summed E-state index contributed by atoms with van der Waals surface area (Å²) in [4.78, 5) is 10.6. The van der Waals surface area contributed by atoms with Gasteiger partial charge in [0.15, 0.2) is 18.2 Å². The summed E-state index contributed by atoms with van der Waals surface area (Å²) in [7, 11) is 1.96. The quantitative estimate of drug-likeness (QED) is 0.333. The van der Waals surface area contributed by atoms with Gasteiger partial charge >= 0.3 is 0 Å². The van der Waals surface area contributed by atoms with E-state index in [1.54, 1.807) is 13.0 Å². The van der Waals surface area contributed by atoms with Crippen LogP contribution in [-0.4, -0.2) is 11.3 Å². The van der Waals surface area contributed by atoms with E-state index in [0.29, 0.717) is 0 Å². The molecular weight excluding hydrogens is 293 g/mol. The Hall–Kier alpha value is -0.750. The monoisotopic (exact) mass is 307 g/mol. The van der Waals surface area contributed by atoms with Gasteiger partial charge in [-0.3, -0.25) is 4.79 Å².